The molecule has 3 aromatic rings. The van der Waals surface area contributed by atoms with Crippen LogP contribution in [-0.2, 0) is 6.54 Å². The number of nitrogens with zero attached hydrogens (tertiary/aromatic N) is 5. The largest absolute Gasteiger partial charge is 0.360 e. The van der Waals surface area contributed by atoms with Crippen LogP contribution in [0.2, 0.25) is 0 Å². The van der Waals surface area contributed by atoms with E-state index in [9.17, 15) is 4.39 Å². The van der Waals surface area contributed by atoms with Crippen LogP contribution in [0.25, 0.3) is 5.69 Å². The third-order valence-electron chi connectivity index (χ3n) is 3.60. The Bertz CT molecular complexity index is 843. The molecule has 6 nitrogen and oxygen atoms in total. The topological polar surface area (TPSA) is 58.9 Å². The zero-order chi connectivity index (χ0) is 17.1. The van der Waals surface area contributed by atoms with E-state index in [1.165, 1.54) is 6.20 Å². The fourth-order valence-corrected chi connectivity index (χ4v) is 2.34. The van der Waals surface area contributed by atoms with Gasteiger partial charge < -0.3 is 10.2 Å². The Morgan fingerprint density at radius 2 is 2.00 bits per heavy atom. The van der Waals surface area contributed by atoms with Crippen LogP contribution in [0.1, 0.15) is 11.1 Å². The van der Waals surface area contributed by atoms with E-state index in [1.807, 2.05) is 42.1 Å². The number of halogens is 1. The molecular weight excluding hydrogens is 307 g/mol. The number of hydrogen-bond donors (Lipinski definition) is 1. The average Bonchev–Trinajstić information content (AvgIpc) is 3.03. The highest BCUT2D eigenvalue weighted by molar-refractivity contribution is 5.43. The SMILES string of the molecule is Cc1ccccc1-n1cc(CNc2ncc(F)c(N(C)C)n2)cn1. The third-order valence-corrected chi connectivity index (χ3v) is 3.60. The molecule has 0 fully saturated rings. The fraction of sp³-hybridized carbons (Fsp3) is 0.235. The molecule has 7 heteroatoms. The predicted molar refractivity (Wildman–Crippen MR) is 91.9 cm³/mol. The lowest BCUT2D eigenvalue weighted by molar-refractivity contribution is 0.612. The minimum absolute atomic E-state index is 0.253. The third kappa shape index (κ3) is 3.34. The van der Waals surface area contributed by atoms with Crippen molar-refractivity contribution in [1.29, 1.82) is 0 Å². The molecule has 0 aliphatic carbocycles. The van der Waals surface area contributed by atoms with Gasteiger partial charge in [-0.3, -0.25) is 0 Å². The fourth-order valence-electron chi connectivity index (χ4n) is 2.34. The Morgan fingerprint density at radius 3 is 2.75 bits per heavy atom. The molecule has 2 aromatic heterocycles. The number of nitrogens with one attached hydrogen (secondary N) is 1. The summed E-state index contributed by atoms with van der Waals surface area (Å²) < 4.78 is 15.4. The summed E-state index contributed by atoms with van der Waals surface area (Å²) in [5.41, 5.74) is 3.17. The second-order valence-corrected chi connectivity index (χ2v) is 5.69. The summed E-state index contributed by atoms with van der Waals surface area (Å²) in [6, 6.07) is 8.05. The second-order valence-electron chi connectivity index (χ2n) is 5.69. The van der Waals surface area contributed by atoms with Crippen LogP contribution >= 0.6 is 0 Å². The summed E-state index contributed by atoms with van der Waals surface area (Å²) in [6.45, 7) is 2.55. The number of aryl methyl sites for hydroxylation is 1. The Hall–Kier alpha value is -2.96. The maximum absolute atomic E-state index is 13.6. The van der Waals surface area contributed by atoms with Gasteiger partial charge in [0.15, 0.2) is 11.6 Å². The van der Waals surface area contributed by atoms with Gasteiger partial charge >= 0.3 is 0 Å². The van der Waals surface area contributed by atoms with E-state index in [1.54, 1.807) is 25.2 Å². The van der Waals surface area contributed by atoms with Crippen molar-refractivity contribution in [1.82, 2.24) is 19.7 Å². The van der Waals surface area contributed by atoms with E-state index in [0.29, 0.717) is 12.5 Å². The van der Waals surface area contributed by atoms with Crippen LogP contribution in [-0.4, -0.2) is 33.8 Å². The van der Waals surface area contributed by atoms with Gasteiger partial charge in [-0.05, 0) is 18.6 Å². The average molecular weight is 326 g/mol. The van der Waals surface area contributed by atoms with Crippen LogP contribution in [0.5, 0.6) is 0 Å². The Labute approximate surface area is 140 Å². The molecule has 0 aliphatic heterocycles. The highest BCUT2D eigenvalue weighted by Crippen LogP contribution is 2.16. The first-order valence-corrected chi connectivity index (χ1v) is 7.58. The van der Waals surface area contributed by atoms with Crippen molar-refractivity contribution >= 4 is 11.8 Å². The normalized spacial score (nSPS) is 10.7. The van der Waals surface area contributed by atoms with E-state index in [2.05, 4.69) is 20.4 Å². The second kappa shape index (κ2) is 6.66. The quantitative estimate of drug-likeness (QED) is 0.781. The van der Waals surface area contributed by atoms with Gasteiger partial charge in [-0.15, -0.1) is 0 Å². The predicted octanol–water partition coefficient (Wildman–Crippen LogP) is 2.79. The summed E-state index contributed by atoms with van der Waals surface area (Å²) in [5, 5.41) is 7.48. The summed E-state index contributed by atoms with van der Waals surface area (Å²) in [7, 11) is 3.48. The first kappa shape index (κ1) is 15.9. The number of benzene rings is 1. The van der Waals surface area contributed by atoms with E-state index in [4.69, 9.17) is 0 Å². The van der Waals surface area contributed by atoms with Crippen molar-refractivity contribution in [2.75, 3.05) is 24.3 Å². The van der Waals surface area contributed by atoms with Gasteiger partial charge in [-0.2, -0.15) is 10.1 Å². The summed E-state index contributed by atoms with van der Waals surface area (Å²) in [4.78, 5) is 9.74. The Morgan fingerprint density at radius 1 is 1.21 bits per heavy atom. The summed E-state index contributed by atoms with van der Waals surface area (Å²) >= 11 is 0. The van der Waals surface area contributed by atoms with Crippen LogP contribution in [0.3, 0.4) is 0 Å². The highest BCUT2D eigenvalue weighted by Gasteiger charge is 2.09. The minimum Gasteiger partial charge on any atom is -0.360 e. The van der Waals surface area contributed by atoms with Crippen molar-refractivity contribution in [3.05, 3.63) is 59.8 Å². The molecule has 0 unspecified atom stereocenters. The molecule has 0 radical (unpaired) electrons. The molecule has 1 N–H and O–H groups in total. The molecule has 0 atom stereocenters. The Kier molecular flexibility index (Phi) is 4.41. The van der Waals surface area contributed by atoms with E-state index >= 15 is 0 Å². The molecule has 24 heavy (non-hydrogen) atoms. The van der Waals surface area contributed by atoms with Crippen LogP contribution in [0, 0.1) is 12.7 Å². The van der Waals surface area contributed by atoms with Crippen LogP contribution in [0.4, 0.5) is 16.2 Å². The van der Waals surface area contributed by atoms with E-state index < -0.39 is 5.82 Å². The van der Waals surface area contributed by atoms with Crippen molar-refractivity contribution in [3.8, 4) is 5.69 Å². The van der Waals surface area contributed by atoms with Crippen LogP contribution in [0.15, 0.2) is 42.9 Å². The number of aromatic nitrogens is 4. The first-order chi connectivity index (χ1) is 11.5. The summed E-state index contributed by atoms with van der Waals surface area (Å²) in [5.74, 6) is 0.185. The van der Waals surface area contributed by atoms with Crippen molar-refractivity contribution in [2.45, 2.75) is 13.5 Å². The van der Waals surface area contributed by atoms with Gasteiger partial charge in [0.2, 0.25) is 5.95 Å². The van der Waals surface area contributed by atoms with Crippen molar-refractivity contribution < 1.29 is 4.39 Å². The number of hydrogen-bond acceptors (Lipinski definition) is 5. The smallest absolute Gasteiger partial charge is 0.225 e. The monoisotopic (exact) mass is 326 g/mol. The molecule has 0 amide bonds. The molecule has 0 spiro atoms. The lowest BCUT2D eigenvalue weighted by atomic mass is 10.2. The van der Waals surface area contributed by atoms with E-state index in [-0.39, 0.29) is 5.82 Å². The maximum Gasteiger partial charge on any atom is 0.225 e. The molecule has 1 aromatic carbocycles. The van der Waals surface area contributed by atoms with E-state index in [0.717, 1.165) is 16.8 Å². The number of para-hydroxylation sites is 1. The van der Waals surface area contributed by atoms with Gasteiger partial charge in [0.25, 0.3) is 0 Å². The molecule has 124 valence electrons. The van der Waals surface area contributed by atoms with Crippen molar-refractivity contribution in [3.63, 3.8) is 0 Å². The molecular formula is C17H19FN6. The zero-order valence-electron chi connectivity index (χ0n) is 13.9. The lowest BCUT2D eigenvalue weighted by Crippen LogP contribution is -2.15. The van der Waals surface area contributed by atoms with Crippen molar-refractivity contribution in [2.24, 2.45) is 0 Å². The molecule has 0 bridgehead atoms. The first-order valence-electron chi connectivity index (χ1n) is 7.58. The number of anilines is 2. The summed E-state index contributed by atoms with van der Waals surface area (Å²) in [6.07, 6.45) is 4.91. The lowest BCUT2D eigenvalue weighted by Gasteiger charge is -2.13. The van der Waals surface area contributed by atoms with Gasteiger partial charge in [-0.1, -0.05) is 18.2 Å². The number of rotatable bonds is 5. The molecule has 0 saturated carbocycles. The standard InChI is InChI=1S/C17H19FN6/c1-12-6-4-5-7-15(12)24-11-13(9-21-24)8-19-17-20-10-14(18)16(22-17)23(2)3/h4-7,9-11H,8H2,1-3H3,(H,19,20,22). The Balaban J connectivity index is 1.72. The van der Waals surface area contributed by atoms with Gasteiger partial charge in [0, 0.05) is 32.4 Å². The molecule has 0 aliphatic rings. The van der Waals surface area contributed by atoms with Gasteiger partial charge in [0.05, 0.1) is 18.1 Å². The minimum atomic E-state index is -0.446. The maximum atomic E-state index is 13.6. The van der Waals surface area contributed by atoms with Gasteiger partial charge in [-0.25, -0.2) is 14.1 Å². The van der Waals surface area contributed by atoms with Crippen LogP contribution < -0.4 is 10.2 Å². The van der Waals surface area contributed by atoms with Gasteiger partial charge in [0.1, 0.15) is 0 Å². The molecule has 3 rings (SSSR count). The molecule has 0 saturated heterocycles. The molecule has 2 heterocycles. The highest BCUT2D eigenvalue weighted by atomic mass is 19.1. The zero-order valence-corrected chi connectivity index (χ0v) is 13.9.